The standard InChI is InChI=1S/C8H4ClF2IO3/c1-15-7-2(8(13)14)4(10)5(11)6(12)3(7)9/h1H3,(H,13,14). The number of aromatic carboxylic acids is 1. The van der Waals surface area contributed by atoms with Crippen molar-refractivity contribution in [1.29, 1.82) is 0 Å². The molecule has 0 aliphatic heterocycles. The van der Waals surface area contributed by atoms with Gasteiger partial charge in [-0.1, -0.05) is 11.6 Å². The number of carboxylic acids is 1. The number of methoxy groups -OCH3 is 1. The molecule has 0 unspecified atom stereocenters. The van der Waals surface area contributed by atoms with Crippen LogP contribution in [-0.4, -0.2) is 18.2 Å². The summed E-state index contributed by atoms with van der Waals surface area (Å²) in [6, 6.07) is 0. The van der Waals surface area contributed by atoms with Gasteiger partial charge in [0.15, 0.2) is 17.4 Å². The summed E-state index contributed by atoms with van der Waals surface area (Å²) in [5.74, 6) is -4.79. The fraction of sp³-hybridized carbons (Fsp3) is 0.125. The van der Waals surface area contributed by atoms with Gasteiger partial charge in [0, 0.05) is 0 Å². The Hall–Kier alpha value is -0.630. The molecule has 1 aromatic carbocycles. The smallest absolute Gasteiger partial charge is 0.342 e. The second-order valence-electron chi connectivity index (χ2n) is 2.47. The minimum atomic E-state index is -1.64. The number of halogens is 4. The molecule has 0 saturated carbocycles. The van der Waals surface area contributed by atoms with Crippen LogP contribution in [0.4, 0.5) is 8.78 Å². The normalized spacial score (nSPS) is 10.2. The van der Waals surface area contributed by atoms with Gasteiger partial charge in [-0.25, -0.2) is 13.6 Å². The van der Waals surface area contributed by atoms with E-state index in [1.165, 1.54) is 22.6 Å². The number of benzene rings is 1. The lowest BCUT2D eigenvalue weighted by Gasteiger charge is -2.10. The zero-order valence-corrected chi connectivity index (χ0v) is 10.2. The Morgan fingerprint density at radius 2 is 2.00 bits per heavy atom. The average Bonchev–Trinajstić information content (AvgIpc) is 2.19. The summed E-state index contributed by atoms with van der Waals surface area (Å²) in [7, 11) is 1.13. The van der Waals surface area contributed by atoms with Gasteiger partial charge in [0.1, 0.15) is 5.56 Å². The van der Waals surface area contributed by atoms with Gasteiger partial charge in [-0.2, -0.15) is 0 Å². The summed E-state index contributed by atoms with van der Waals surface area (Å²) in [5, 5.41) is 8.41. The molecule has 0 radical (unpaired) electrons. The van der Waals surface area contributed by atoms with Crippen LogP contribution in [0.2, 0.25) is 5.02 Å². The molecule has 7 heteroatoms. The van der Waals surface area contributed by atoms with Gasteiger partial charge in [-0.3, -0.25) is 0 Å². The van der Waals surface area contributed by atoms with Gasteiger partial charge >= 0.3 is 5.97 Å². The van der Waals surface area contributed by atoms with E-state index in [0.29, 0.717) is 0 Å². The van der Waals surface area contributed by atoms with Crippen LogP contribution in [0.5, 0.6) is 5.75 Å². The summed E-state index contributed by atoms with van der Waals surface area (Å²) < 4.78 is 30.8. The van der Waals surface area contributed by atoms with E-state index in [1.807, 2.05) is 0 Å². The zero-order valence-electron chi connectivity index (χ0n) is 7.28. The van der Waals surface area contributed by atoms with E-state index in [9.17, 15) is 13.6 Å². The van der Waals surface area contributed by atoms with Crippen molar-refractivity contribution >= 4 is 40.2 Å². The van der Waals surface area contributed by atoms with Gasteiger partial charge in [-0.15, -0.1) is 0 Å². The highest BCUT2D eigenvalue weighted by molar-refractivity contribution is 14.1. The Balaban J connectivity index is 3.70. The van der Waals surface area contributed by atoms with E-state index in [1.54, 1.807) is 0 Å². The van der Waals surface area contributed by atoms with Crippen LogP contribution in [0.25, 0.3) is 0 Å². The maximum Gasteiger partial charge on any atom is 0.342 e. The quantitative estimate of drug-likeness (QED) is 0.508. The molecule has 0 bridgehead atoms. The van der Waals surface area contributed by atoms with Gasteiger partial charge in [0.2, 0.25) is 0 Å². The molecule has 0 amide bonds. The van der Waals surface area contributed by atoms with E-state index in [-0.39, 0.29) is 14.3 Å². The van der Waals surface area contributed by atoms with Crippen molar-refractivity contribution in [1.82, 2.24) is 0 Å². The Kier molecular flexibility index (Phi) is 3.72. The predicted molar refractivity (Wildman–Crippen MR) is 57.6 cm³/mol. The molecular formula is C8H4ClF2IO3. The van der Waals surface area contributed by atoms with E-state index in [0.717, 1.165) is 7.11 Å². The molecule has 82 valence electrons. The molecule has 0 heterocycles. The van der Waals surface area contributed by atoms with Crippen LogP contribution in [-0.2, 0) is 0 Å². The van der Waals surface area contributed by atoms with Gasteiger partial charge < -0.3 is 9.84 Å². The molecule has 3 nitrogen and oxygen atoms in total. The highest BCUT2D eigenvalue weighted by Gasteiger charge is 2.27. The van der Waals surface area contributed by atoms with Gasteiger partial charge in [0.25, 0.3) is 0 Å². The van der Waals surface area contributed by atoms with Crippen molar-refractivity contribution in [2.75, 3.05) is 7.11 Å². The van der Waals surface area contributed by atoms with Crippen LogP contribution in [0.3, 0.4) is 0 Å². The van der Waals surface area contributed by atoms with Crippen LogP contribution >= 0.6 is 34.2 Å². The lowest BCUT2D eigenvalue weighted by molar-refractivity contribution is 0.0686. The van der Waals surface area contributed by atoms with Crippen LogP contribution < -0.4 is 4.74 Å². The molecule has 1 rings (SSSR count). The molecule has 0 aliphatic carbocycles. The molecule has 1 aromatic rings. The first-order chi connectivity index (χ1) is 6.91. The second-order valence-corrected chi connectivity index (χ2v) is 3.93. The van der Waals surface area contributed by atoms with Crippen molar-refractivity contribution in [2.24, 2.45) is 0 Å². The highest BCUT2D eigenvalue weighted by atomic mass is 127. The zero-order chi connectivity index (χ0) is 11.7. The third-order valence-electron chi connectivity index (χ3n) is 1.64. The maximum atomic E-state index is 13.2. The Bertz CT molecular complexity index is 437. The fourth-order valence-corrected chi connectivity index (χ4v) is 1.73. The third-order valence-corrected chi connectivity index (χ3v) is 3.33. The molecular weight excluding hydrogens is 344 g/mol. The number of ether oxygens (including phenoxy) is 1. The van der Waals surface area contributed by atoms with Crippen molar-refractivity contribution < 1.29 is 23.4 Å². The van der Waals surface area contributed by atoms with Crippen LogP contribution in [0.15, 0.2) is 0 Å². The molecule has 0 spiro atoms. The number of carbonyl (C=O) groups is 1. The van der Waals surface area contributed by atoms with E-state index >= 15 is 0 Å². The number of rotatable bonds is 2. The minimum Gasteiger partial charge on any atom is -0.494 e. The Morgan fingerprint density at radius 1 is 1.47 bits per heavy atom. The van der Waals surface area contributed by atoms with Crippen LogP contribution in [0.1, 0.15) is 10.4 Å². The molecule has 0 aromatic heterocycles. The summed E-state index contributed by atoms with van der Waals surface area (Å²) in [6.45, 7) is 0. The number of hydrogen-bond donors (Lipinski definition) is 1. The average molecular weight is 348 g/mol. The molecule has 0 atom stereocenters. The topological polar surface area (TPSA) is 46.5 Å². The third kappa shape index (κ3) is 2.00. The largest absolute Gasteiger partial charge is 0.494 e. The van der Waals surface area contributed by atoms with Crippen molar-refractivity contribution in [3.63, 3.8) is 0 Å². The van der Waals surface area contributed by atoms with Gasteiger partial charge in [-0.05, 0) is 22.6 Å². The fourth-order valence-electron chi connectivity index (χ4n) is 0.994. The molecule has 15 heavy (non-hydrogen) atoms. The second kappa shape index (κ2) is 4.48. The van der Waals surface area contributed by atoms with Crippen molar-refractivity contribution in [3.8, 4) is 5.75 Å². The summed E-state index contributed by atoms with van der Waals surface area (Å²) in [6.07, 6.45) is 0. The van der Waals surface area contributed by atoms with E-state index in [2.05, 4.69) is 4.74 Å². The first-order valence-corrected chi connectivity index (χ1v) is 5.00. The lowest BCUT2D eigenvalue weighted by atomic mass is 10.2. The molecule has 0 saturated heterocycles. The summed E-state index contributed by atoms with van der Waals surface area (Å²) >= 11 is 7.08. The maximum absolute atomic E-state index is 13.2. The minimum absolute atomic E-state index is 0.214. The van der Waals surface area contributed by atoms with Crippen molar-refractivity contribution in [3.05, 3.63) is 25.8 Å². The first kappa shape index (κ1) is 12.4. The predicted octanol–water partition coefficient (Wildman–Crippen LogP) is 2.93. The molecule has 1 N–H and O–H groups in total. The Labute approximate surface area is 102 Å². The van der Waals surface area contributed by atoms with Crippen molar-refractivity contribution in [2.45, 2.75) is 0 Å². The first-order valence-electron chi connectivity index (χ1n) is 3.55. The lowest BCUT2D eigenvalue weighted by Crippen LogP contribution is -2.08. The van der Waals surface area contributed by atoms with Gasteiger partial charge in [0.05, 0.1) is 15.7 Å². The molecule has 0 aliphatic rings. The number of hydrogen-bond acceptors (Lipinski definition) is 2. The molecule has 0 fully saturated rings. The summed E-state index contributed by atoms with van der Waals surface area (Å²) in [4.78, 5) is 10.7. The van der Waals surface area contributed by atoms with Crippen LogP contribution in [0, 0.1) is 15.2 Å². The Morgan fingerprint density at radius 3 is 2.40 bits per heavy atom. The summed E-state index contributed by atoms with van der Waals surface area (Å²) in [5.41, 5.74) is -0.902. The monoisotopic (exact) mass is 348 g/mol. The SMILES string of the molecule is COc1c(Cl)c(I)c(F)c(F)c1C(=O)O. The van der Waals surface area contributed by atoms with E-state index < -0.39 is 23.2 Å². The number of carboxylic acid groups (broad SMARTS) is 1. The van der Waals surface area contributed by atoms with E-state index in [4.69, 9.17) is 16.7 Å². The highest BCUT2D eigenvalue weighted by Crippen LogP contribution is 2.36.